The molecule has 6 heteroatoms. The highest BCUT2D eigenvalue weighted by Gasteiger charge is 2.21. The predicted molar refractivity (Wildman–Crippen MR) is 81.5 cm³/mol. The molecule has 0 fully saturated rings. The van der Waals surface area contributed by atoms with Gasteiger partial charge in [0.1, 0.15) is 12.6 Å². The van der Waals surface area contributed by atoms with E-state index in [1.807, 2.05) is 51.1 Å². The third-order valence-corrected chi connectivity index (χ3v) is 2.74. The molecule has 1 atom stereocenters. The Morgan fingerprint density at radius 2 is 1.86 bits per heavy atom. The van der Waals surface area contributed by atoms with Crippen LogP contribution in [-0.2, 0) is 20.9 Å². The highest BCUT2D eigenvalue weighted by molar-refractivity contribution is 5.79. The molecule has 0 spiro atoms. The standard InChI is InChI=1S/C16H23NO5/c1-16(2,3)22-10-9-13(14(18)19)17-15(20)21-11-12-7-5-4-6-8-12/h4-8,13H,9-11H2,1-3H3,(H,17,20)(H,18,19)/t13-/m1/s1. The van der Waals surface area contributed by atoms with Gasteiger partial charge >= 0.3 is 12.1 Å². The maximum atomic E-state index is 11.7. The van der Waals surface area contributed by atoms with Gasteiger partial charge in [-0.2, -0.15) is 0 Å². The van der Waals surface area contributed by atoms with Crippen LogP contribution >= 0.6 is 0 Å². The van der Waals surface area contributed by atoms with Crippen LogP contribution in [0.2, 0.25) is 0 Å². The first kappa shape index (κ1) is 18.0. The third kappa shape index (κ3) is 7.64. The number of alkyl carbamates (subject to hydrolysis) is 1. The lowest BCUT2D eigenvalue weighted by Crippen LogP contribution is -2.42. The summed E-state index contributed by atoms with van der Waals surface area (Å²) in [6.07, 6.45) is -0.584. The smallest absolute Gasteiger partial charge is 0.408 e. The first-order valence-electron chi connectivity index (χ1n) is 7.12. The topological polar surface area (TPSA) is 84.9 Å². The first-order chi connectivity index (χ1) is 10.3. The van der Waals surface area contributed by atoms with Crippen LogP contribution in [0.4, 0.5) is 4.79 Å². The quantitative estimate of drug-likeness (QED) is 0.808. The van der Waals surface area contributed by atoms with Gasteiger partial charge in [-0.1, -0.05) is 30.3 Å². The lowest BCUT2D eigenvalue weighted by Gasteiger charge is -2.21. The van der Waals surface area contributed by atoms with E-state index >= 15 is 0 Å². The lowest BCUT2D eigenvalue weighted by molar-refractivity contribution is -0.140. The number of hydrogen-bond acceptors (Lipinski definition) is 4. The van der Waals surface area contributed by atoms with Crippen molar-refractivity contribution in [2.45, 2.75) is 45.4 Å². The third-order valence-electron chi connectivity index (χ3n) is 2.74. The molecule has 0 bridgehead atoms. The van der Waals surface area contributed by atoms with Gasteiger partial charge in [-0.05, 0) is 26.3 Å². The highest BCUT2D eigenvalue weighted by atomic mass is 16.5. The second kappa shape index (κ2) is 8.38. The van der Waals surface area contributed by atoms with Crippen LogP contribution in [0.3, 0.4) is 0 Å². The Bertz CT molecular complexity index is 481. The summed E-state index contributed by atoms with van der Waals surface area (Å²) < 4.78 is 10.5. The summed E-state index contributed by atoms with van der Waals surface area (Å²) in [6, 6.07) is 8.13. The van der Waals surface area contributed by atoms with Gasteiger partial charge in [-0.3, -0.25) is 0 Å². The van der Waals surface area contributed by atoms with E-state index in [1.165, 1.54) is 0 Å². The predicted octanol–water partition coefficient (Wildman–Crippen LogP) is 2.57. The molecule has 0 unspecified atom stereocenters. The van der Waals surface area contributed by atoms with Gasteiger partial charge in [-0.25, -0.2) is 9.59 Å². The van der Waals surface area contributed by atoms with Crippen molar-refractivity contribution in [1.82, 2.24) is 5.32 Å². The second-order valence-electron chi connectivity index (χ2n) is 5.85. The molecule has 1 amide bonds. The number of amides is 1. The fourth-order valence-corrected chi connectivity index (χ4v) is 1.65. The van der Waals surface area contributed by atoms with E-state index < -0.39 is 18.1 Å². The summed E-state index contributed by atoms with van der Waals surface area (Å²) >= 11 is 0. The van der Waals surface area contributed by atoms with Gasteiger partial charge in [-0.15, -0.1) is 0 Å². The molecule has 22 heavy (non-hydrogen) atoms. The van der Waals surface area contributed by atoms with E-state index in [9.17, 15) is 9.59 Å². The second-order valence-corrected chi connectivity index (χ2v) is 5.85. The minimum atomic E-state index is -1.12. The Kier molecular flexibility index (Phi) is 6.85. The van der Waals surface area contributed by atoms with Gasteiger partial charge in [0.25, 0.3) is 0 Å². The molecule has 0 aliphatic rings. The zero-order valence-corrected chi connectivity index (χ0v) is 13.2. The Balaban J connectivity index is 2.39. The van der Waals surface area contributed by atoms with Gasteiger partial charge in [0.05, 0.1) is 5.60 Å². The number of rotatable bonds is 7. The number of aliphatic carboxylic acids is 1. The van der Waals surface area contributed by atoms with Gasteiger partial charge in [0, 0.05) is 13.0 Å². The van der Waals surface area contributed by atoms with Crippen molar-refractivity contribution in [1.29, 1.82) is 0 Å². The first-order valence-corrected chi connectivity index (χ1v) is 7.12. The monoisotopic (exact) mass is 309 g/mol. The average Bonchev–Trinajstić information content (AvgIpc) is 2.43. The molecule has 0 heterocycles. The van der Waals surface area contributed by atoms with Gasteiger partial charge < -0.3 is 19.9 Å². The van der Waals surface area contributed by atoms with Crippen LogP contribution in [-0.4, -0.2) is 35.4 Å². The molecule has 0 aliphatic carbocycles. The number of benzene rings is 1. The molecular formula is C16H23NO5. The Morgan fingerprint density at radius 3 is 2.41 bits per heavy atom. The minimum Gasteiger partial charge on any atom is -0.480 e. The molecule has 6 nitrogen and oxygen atoms in total. The Labute approximate surface area is 130 Å². The van der Waals surface area contributed by atoms with Crippen molar-refractivity contribution in [3.05, 3.63) is 35.9 Å². The van der Waals surface area contributed by atoms with Crippen molar-refractivity contribution in [3.63, 3.8) is 0 Å². The largest absolute Gasteiger partial charge is 0.480 e. The summed E-state index contributed by atoms with van der Waals surface area (Å²) in [6.45, 7) is 5.97. The molecule has 1 rings (SSSR count). The van der Waals surface area contributed by atoms with Crippen LogP contribution in [0.25, 0.3) is 0 Å². The number of ether oxygens (including phenoxy) is 2. The molecule has 0 saturated heterocycles. The highest BCUT2D eigenvalue weighted by Crippen LogP contribution is 2.08. The maximum absolute atomic E-state index is 11.7. The number of carboxylic acid groups (broad SMARTS) is 1. The Morgan fingerprint density at radius 1 is 1.23 bits per heavy atom. The molecule has 1 aromatic rings. The van der Waals surface area contributed by atoms with Gasteiger partial charge in [0.2, 0.25) is 0 Å². The van der Waals surface area contributed by atoms with Crippen molar-refractivity contribution in [3.8, 4) is 0 Å². The van der Waals surface area contributed by atoms with Crippen LogP contribution in [0.1, 0.15) is 32.8 Å². The summed E-state index contributed by atoms with van der Waals surface area (Å²) in [5.74, 6) is -1.12. The van der Waals surface area contributed by atoms with Crippen molar-refractivity contribution >= 4 is 12.1 Å². The van der Waals surface area contributed by atoms with E-state index in [2.05, 4.69) is 5.32 Å². The molecular weight excluding hydrogens is 286 g/mol. The number of carbonyl (C=O) groups excluding carboxylic acids is 1. The summed E-state index contributed by atoms with van der Waals surface area (Å²) in [7, 11) is 0. The lowest BCUT2D eigenvalue weighted by atomic mass is 10.2. The molecule has 122 valence electrons. The van der Waals surface area contributed by atoms with Crippen molar-refractivity contribution < 1.29 is 24.2 Å². The van der Waals surface area contributed by atoms with E-state index in [1.54, 1.807) is 0 Å². The summed E-state index contributed by atoms with van der Waals surface area (Å²) in [5.41, 5.74) is 0.484. The van der Waals surface area contributed by atoms with E-state index in [4.69, 9.17) is 14.6 Å². The summed E-state index contributed by atoms with van der Waals surface area (Å²) in [4.78, 5) is 22.8. The zero-order chi connectivity index (χ0) is 16.6. The minimum absolute atomic E-state index is 0.0947. The fourth-order valence-electron chi connectivity index (χ4n) is 1.65. The molecule has 0 saturated carbocycles. The molecule has 2 N–H and O–H groups in total. The number of carbonyl (C=O) groups is 2. The van der Waals surface area contributed by atoms with Gasteiger partial charge in [0.15, 0.2) is 0 Å². The number of carboxylic acids is 1. The molecule has 0 radical (unpaired) electrons. The number of nitrogens with one attached hydrogen (secondary N) is 1. The van der Waals surface area contributed by atoms with E-state index in [-0.39, 0.29) is 25.2 Å². The molecule has 1 aromatic carbocycles. The summed E-state index contributed by atoms with van der Waals surface area (Å²) in [5, 5.41) is 11.4. The fraction of sp³-hybridized carbons (Fsp3) is 0.500. The van der Waals surface area contributed by atoms with Crippen molar-refractivity contribution in [2.75, 3.05) is 6.61 Å². The van der Waals surface area contributed by atoms with Crippen LogP contribution in [0.15, 0.2) is 30.3 Å². The van der Waals surface area contributed by atoms with Crippen LogP contribution in [0, 0.1) is 0 Å². The van der Waals surface area contributed by atoms with E-state index in [0.717, 1.165) is 5.56 Å². The molecule has 0 aromatic heterocycles. The zero-order valence-electron chi connectivity index (χ0n) is 13.2. The van der Waals surface area contributed by atoms with Crippen LogP contribution < -0.4 is 5.32 Å². The van der Waals surface area contributed by atoms with Crippen LogP contribution in [0.5, 0.6) is 0 Å². The normalized spacial score (nSPS) is 12.5. The Hall–Kier alpha value is -2.08. The number of hydrogen-bond donors (Lipinski definition) is 2. The SMILES string of the molecule is CC(C)(C)OCC[C@@H](NC(=O)OCc1ccccc1)C(=O)O. The van der Waals surface area contributed by atoms with E-state index in [0.29, 0.717) is 0 Å². The molecule has 0 aliphatic heterocycles. The van der Waals surface area contributed by atoms with Crippen molar-refractivity contribution in [2.24, 2.45) is 0 Å². The maximum Gasteiger partial charge on any atom is 0.408 e. The average molecular weight is 309 g/mol.